The molecule has 0 unspecified atom stereocenters. The molecule has 4 heterocycles. The van der Waals surface area contributed by atoms with Gasteiger partial charge in [-0.2, -0.15) is 0 Å². The molecule has 0 bridgehead atoms. The number of H-pyrrole nitrogens is 1. The van der Waals surface area contributed by atoms with E-state index in [1.165, 1.54) is 32.9 Å². The summed E-state index contributed by atoms with van der Waals surface area (Å²) in [5.41, 5.74) is 12.0. The SMILES string of the molecule is CC1(C)C2=C(Oc3ccc4c([nH]c5ccccc54)c31)c1c(c3ccccc3n1-c1cccc(-c3nc(-c4ccccc4)nc(-c4ccccc4)n3)c1)CC2. The Balaban J connectivity index is 1.10. The molecule has 0 saturated carbocycles. The quantitative estimate of drug-likeness (QED) is 0.199. The highest BCUT2D eigenvalue weighted by Gasteiger charge is 2.42. The van der Waals surface area contributed by atoms with Gasteiger partial charge in [0.1, 0.15) is 5.75 Å². The van der Waals surface area contributed by atoms with Crippen molar-refractivity contribution >= 4 is 38.5 Å². The zero-order chi connectivity index (χ0) is 36.0. The van der Waals surface area contributed by atoms with E-state index >= 15 is 0 Å². The largest absolute Gasteiger partial charge is 0.455 e. The van der Waals surface area contributed by atoms with Gasteiger partial charge in [0.05, 0.1) is 16.7 Å². The average molecular weight is 698 g/mol. The number of rotatable bonds is 4. The number of aromatic amines is 1. The number of fused-ring (bicyclic) bond motifs is 9. The Bertz CT molecular complexity index is 2930. The summed E-state index contributed by atoms with van der Waals surface area (Å²) in [6.07, 6.45) is 1.86. The molecule has 2 aliphatic rings. The van der Waals surface area contributed by atoms with Gasteiger partial charge in [0.2, 0.25) is 0 Å². The van der Waals surface area contributed by atoms with Crippen LogP contribution in [0.1, 0.15) is 37.1 Å². The van der Waals surface area contributed by atoms with Gasteiger partial charge < -0.3 is 14.3 Å². The van der Waals surface area contributed by atoms with Gasteiger partial charge in [0.25, 0.3) is 0 Å². The molecule has 6 nitrogen and oxygen atoms in total. The lowest BCUT2D eigenvalue weighted by Crippen LogP contribution is -2.31. The molecular formula is C48H35N5O. The van der Waals surface area contributed by atoms with E-state index in [2.05, 4.69) is 108 Å². The van der Waals surface area contributed by atoms with Crippen LogP contribution in [0.3, 0.4) is 0 Å². The lowest BCUT2D eigenvalue weighted by Gasteiger charge is -2.39. The number of allylic oxidation sites excluding steroid dienone is 1. The molecule has 11 rings (SSSR count). The Kier molecular flexibility index (Phi) is 6.62. The van der Waals surface area contributed by atoms with Gasteiger partial charge in [0, 0.05) is 55.0 Å². The van der Waals surface area contributed by atoms with Gasteiger partial charge in [-0.25, -0.2) is 15.0 Å². The summed E-state index contributed by atoms with van der Waals surface area (Å²) < 4.78 is 9.54. The summed E-state index contributed by atoms with van der Waals surface area (Å²) in [7, 11) is 0. The first-order chi connectivity index (χ1) is 26.5. The number of hydrogen-bond donors (Lipinski definition) is 1. The first kappa shape index (κ1) is 30.8. The minimum atomic E-state index is -0.267. The van der Waals surface area contributed by atoms with E-state index in [0.717, 1.165) is 69.0 Å². The number of aryl methyl sites for hydroxylation is 1. The van der Waals surface area contributed by atoms with Crippen molar-refractivity contribution < 1.29 is 4.74 Å². The van der Waals surface area contributed by atoms with E-state index in [4.69, 9.17) is 19.7 Å². The highest BCUT2D eigenvalue weighted by molar-refractivity contribution is 6.09. The molecule has 1 N–H and O–H groups in total. The second kappa shape index (κ2) is 11.6. The maximum atomic E-state index is 7.14. The van der Waals surface area contributed by atoms with E-state index in [1.807, 2.05) is 60.7 Å². The van der Waals surface area contributed by atoms with Crippen LogP contribution in [0.2, 0.25) is 0 Å². The molecule has 0 atom stereocenters. The Morgan fingerprint density at radius 2 is 1.22 bits per heavy atom. The molecule has 1 aliphatic carbocycles. The number of aromatic nitrogens is 5. The van der Waals surface area contributed by atoms with Gasteiger partial charge in [-0.15, -0.1) is 0 Å². The van der Waals surface area contributed by atoms with Crippen LogP contribution in [0.15, 0.2) is 151 Å². The first-order valence-electron chi connectivity index (χ1n) is 18.6. The minimum Gasteiger partial charge on any atom is -0.455 e. The normalized spacial score (nSPS) is 14.6. The van der Waals surface area contributed by atoms with Crippen LogP contribution in [0.4, 0.5) is 0 Å². The third kappa shape index (κ3) is 4.56. The fourth-order valence-corrected chi connectivity index (χ4v) is 8.87. The van der Waals surface area contributed by atoms with Crippen LogP contribution < -0.4 is 4.74 Å². The van der Waals surface area contributed by atoms with Crippen molar-refractivity contribution in [2.24, 2.45) is 0 Å². The lowest BCUT2D eigenvalue weighted by molar-refractivity contribution is 0.428. The van der Waals surface area contributed by atoms with Crippen molar-refractivity contribution in [1.29, 1.82) is 0 Å². The third-order valence-corrected chi connectivity index (χ3v) is 11.4. The Hall–Kier alpha value is -6.79. The van der Waals surface area contributed by atoms with Crippen molar-refractivity contribution in [3.63, 3.8) is 0 Å². The zero-order valence-corrected chi connectivity index (χ0v) is 30.0. The predicted molar refractivity (Wildman–Crippen MR) is 218 cm³/mol. The van der Waals surface area contributed by atoms with Gasteiger partial charge in [0.15, 0.2) is 23.2 Å². The highest BCUT2D eigenvalue weighted by atomic mass is 16.5. The fourth-order valence-electron chi connectivity index (χ4n) is 8.87. The summed E-state index contributed by atoms with van der Waals surface area (Å²) in [5, 5.41) is 3.72. The number of nitrogens with one attached hydrogen (secondary N) is 1. The van der Waals surface area contributed by atoms with Gasteiger partial charge in [-0.05, 0) is 60.4 Å². The van der Waals surface area contributed by atoms with Crippen LogP contribution >= 0.6 is 0 Å². The standard InChI is InChI=1S/C48H35N5O/c1-48(2)37-26-24-36-34-21-10-12-23-39(34)53(43(36)44(37)54-40-27-25-35-33-20-9-11-22-38(33)49-42(35)41(40)48)32-19-13-18-31(28-32)47-51-45(29-14-5-3-6-15-29)50-46(52-47)30-16-7-4-8-17-30/h3-23,25,27-28,49H,24,26H2,1-2H3. The topological polar surface area (TPSA) is 68.6 Å². The number of hydrogen-bond acceptors (Lipinski definition) is 4. The highest BCUT2D eigenvalue weighted by Crippen LogP contribution is 2.54. The van der Waals surface area contributed by atoms with E-state index in [0.29, 0.717) is 17.5 Å². The van der Waals surface area contributed by atoms with Crippen LogP contribution in [0.25, 0.3) is 78.3 Å². The zero-order valence-electron chi connectivity index (χ0n) is 30.0. The Labute approximate surface area is 312 Å². The second-order valence-corrected chi connectivity index (χ2v) is 14.8. The van der Waals surface area contributed by atoms with Crippen LogP contribution in [-0.4, -0.2) is 24.5 Å². The Morgan fingerprint density at radius 1 is 0.593 bits per heavy atom. The van der Waals surface area contributed by atoms with Crippen LogP contribution in [0.5, 0.6) is 5.75 Å². The predicted octanol–water partition coefficient (Wildman–Crippen LogP) is 11.5. The summed E-state index contributed by atoms with van der Waals surface area (Å²) in [4.78, 5) is 18.8. The average Bonchev–Trinajstić information content (AvgIpc) is 3.77. The molecule has 9 aromatic rings. The smallest absolute Gasteiger partial charge is 0.164 e. The lowest BCUT2D eigenvalue weighted by atomic mass is 9.70. The fraction of sp³-hybridized carbons (Fsp3) is 0.104. The van der Waals surface area contributed by atoms with Crippen LogP contribution in [0, 0.1) is 0 Å². The number of benzene rings is 6. The summed E-state index contributed by atoms with van der Waals surface area (Å²) in [6, 6.07) is 50.5. The molecule has 6 heteroatoms. The van der Waals surface area contributed by atoms with E-state index in [1.54, 1.807) is 0 Å². The maximum Gasteiger partial charge on any atom is 0.164 e. The molecule has 258 valence electrons. The summed E-state index contributed by atoms with van der Waals surface area (Å²) >= 11 is 0. The third-order valence-electron chi connectivity index (χ3n) is 11.4. The minimum absolute atomic E-state index is 0.267. The van der Waals surface area contributed by atoms with E-state index in [-0.39, 0.29) is 5.41 Å². The molecule has 0 saturated heterocycles. The number of nitrogens with zero attached hydrogens (tertiary/aromatic N) is 4. The molecule has 1 aliphatic heterocycles. The van der Waals surface area contributed by atoms with Crippen molar-refractivity contribution in [2.45, 2.75) is 32.1 Å². The van der Waals surface area contributed by atoms with Crippen molar-refractivity contribution in [1.82, 2.24) is 24.5 Å². The summed E-state index contributed by atoms with van der Waals surface area (Å²) in [6.45, 7) is 4.73. The molecular weight excluding hydrogens is 663 g/mol. The molecule has 3 aromatic heterocycles. The molecule has 0 radical (unpaired) electrons. The van der Waals surface area contributed by atoms with Crippen molar-refractivity contribution in [3.8, 4) is 45.6 Å². The van der Waals surface area contributed by atoms with Crippen molar-refractivity contribution in [3.05, 3.63) is 168 Å². The molecule has 0 fully saturated rings. The molecule has 0 spiro atoms. The molecule has 54 heavy (non-hydrogen) atoms. The van der Waals surface area contributed by atoms with Gasteiger partial charge in [-0.3, -0.25) is 0 Å². The van der Waals surface area contributed by atoms with Crippen LogP contribution in [-0.2, 0) is 11.8 Å². The number of ether oxygens (including phenoxy) is 1. The Morgan fingerprint density at radius 3 is 1.96 bits per heavy atom. The summed E-state index contributed by atoms with van der Waals surface area (Å²) in [5.74, 6) is 3.78. The molecule has 6 aromatic carbocycles. The van der Waals surface area contributed by atoms with Crippen molar-refractivity contribution in [2.75, 3.05) is 0 Å². The molecule has 0 amide bonds. The van der Waals surface area contributed by atoms with E-state index < -0.39 is 0 Å². The first-order valence-corrected chi connectivity index (χ1v) is 18.6. The maximum absolute atomic E-state index is 7.14. The van der Waals surface area contributed by atoms with Gasteiger partial charge in [-0.1, -0.05) is 123 Å². The van der Waals surface area contributed by atoms with Gasteiger partial charge >= 0.3 is 0 Å². The van der Waals surface area contributed by atoms with E-state index in [9.17, 15) is 0 Å². The number of para-hydroxylation sites is 2. The monoisotopic (exact) mass is 697 g/mol. The second-order valence-electron chi connectivity index (χ2n) is 14.8.